The number of nitrogens with zero attached hydrogens (tertiary/aromatic N) is 3. The smallest absolute Gasteiger partial charge is 0.159 e. The first-order chi connectivity index (χ1) is 19.6. The van der Waals surface area contributed by atoms with E-state index >= 15 is 0 Å². The fourth-order valence-corrected chi connectivity index (χ4v) is 6.53. The highest BCUT2D eigenvalue weighted by atomic mass is 14.9. The first-order valence-corrected chi connectivity index (χ1v) is 13.7. The Hall–Kier alpha value is -4.89. The van der Waals surface area contributed by atoms with Gasteiger partial charge in [-0.05, 0) is 83.0 Å². The number of aromatic nitrogens is 3. The Morgan fingerprint density at radius 2 is 1.20 bits per heavy atom. The van der Waals surface area contributed by atoms with Gasteiger partial charge in [-0.15, -0.1) is 0 Å². The number of hydrogen-bond donors (Lipinski definition) is 0. The molecular weight excluding hydrogens is 486 g/mol. The Balaban J connectivity index is 1.53. The van der Waals surface area contributed by atoms with Crippen LogP contribution in [0.1, 0.15) is 39.2 Å². The highest BCUT2D eigenvalue weighted by Crippen LogP contribution is 2.58. The van der Waals surface area contributed by atoms with Crippen LogP contribution in [0.5, 0.6) is 0 Å². The van der Waals surface area contributed by atoms with Crippen molar-refractivity contribution in [3.05, 3.63) is 161 Å². The molecule has 1 aliphatic rings. The van der Waals surface area contributed by atoms with Crippen molar-refractivity contribution in [2.24, 2.45) is 0 Å². The highest BCUT2D eigenvalue weighted by Gasteiger charge is 2.46. The Bertz CT molecular complexity index is 1850. The van der Waals surface area contributed by atoms with Crippen molar-refractivity contribution in [1.29, 1.82) is 0 Å². The quantitative estimate of drug-likeness (QED) is 0.236. The molecule has 0 aliphatic heterocycles. The molecule has 0 bridgehead atoms. The van der Waals surface area contributed by atoms with Crippen molar-refractivity contribution < 1.29 is 0 Å². The second-order valence-corrected chi connectivity index (χ2v) is 10.6. The van der Waals surface area contributed by atoms with Crippen molar-refractivity contribution >= 4 is 0 Å². The third-order valence-corrected chi connectivity index (χ3v) is 8.14. The van der Waals surface area contributed by atoms with E-state index in [1.165, 1.54) is 50.1 Å². The van der Waals surface area contributed by atoms with Gasteiger partial charge in [0.1, 0.15) is 0 Å². The molecule has 1 atom stereocenters. The molecular formula is C37H29N3. The maximum atomic E-state index is 4.72. The summed E-state index contributed by atoms with van der Waals surface area (Å²) in [4.78, 5) is 13.8. The van der Waals surface area contributed by atoms with Crippen molar-refractivity contribution in [2.45, 2.75) is 26.2 Å². The zero-order valence-electron chi connectivity index (χ0n) is 22.9. The van der Waals surface area contributed by atoms with Crippen LogP contribution < -0.4 is 0 Å². The van der Waals surface area contributed by atoms with Gasteiger partial charge in [-0.25, -0.2) is 9.97 Å². The lowest BCUT2D eigenvalue weighted by Gasteiger charge is -2.34. The molecule has 0 spiro atoms. The minimum Gasteiger partial charge on any atom is -0.264 e. The molecule has 0 saturated heterocycles. The molecule has 7 rings (SSSR count). The van der Waals surface area contributed by atoms with Gasteiger partial charge in [-0.1, -0.05) is 97.1 Å². The van der Waals surface area contributed by atoms with Crippen molar-refractivity contribution in [3.63, 3.8) is 0 Å². The molecule has 4 aromatic carbocycles. The summed E-state index contributed by atoms with van der Waals surface area (Å²) in [5.41, 5.74) is 13.8. The molecule has 40 heavy (non-hydrogen) atoms. The minimum atomic E-state index is -0.466. The summed E-state index contributed by atoms with van der Waals surface area (Å²) in [7, 11) is 0. The van der Waals surface area contributed by atoms with Crippen LogP contribution in [0.15, 0.2) is 122 Å². The van der Waals surface area contributed by atoms with Gasteiger partial charge in [-0.3, -0.25) is 4.98 Å². The first kappa shape index (κ1) is 24.2. The second-order valence-electron chi connectivity index (χ2n) is 10.6. The van der Waals surface area contributed by atoms with Crippen molar-refractivity contribution in [1.82, 2.24) is 15.0 Å². The lowest BCUT2D eigenvalue weighted by atomic mass is 9.67. The van der Waals surface area contributed by atoms with Crippen LogP contribution in [0.4, 0.5) is 0 Å². The zero-order chi connectivity index (χ0) is 27.3. The van der Waals surface area contributed by atoms with Crippen LogP contribution >= 0.6 is 0 Å². The summed E-state index contributed by atoms with van der Waals surface area (Å²) in [6.07, 6.45) is 3.84. The molecule has 0 N–H and O–H groups in total. The van der Waals surface area contributed by atoms with Gasteiger partial charge < -0.3 is 0 Å². The van der Waals surface area contributed by atoms with Crippen LogP contribution in [0.3, 0.4) is 0 Å². The number of aryl methyl sites for hydroxylation is 3. The first-order valence-electron chi connectivity index (χ1n) is 13.7. The standard InChI is InChI=1S/C37H29N3/c1-24-23-38-21-20-30(24)31-13-9-15-34-35(31)32-12-7-8-14-33(32)37(34,28-10-5-4-6-11-28)29-18-16-27(17-19-29)36-39-25(2)22-26(3)40-36/h4-23H,1-3H3. The largest absolute Gasteiger partial charge is 0.264 e. The molecule has 3 nitrogen and oxygen atoms in total. The molecule has 3 heteroatoms. The van der Waals surface area contributed by atoms with E-state index in [1.807, 2.05) is 32.3 Å². The van der Waals surface area contributed by atoms with E-state index in [4.69, 9.17) is 9.97 Å². The fraction of sp³-hybridized carbons (Fsp3) is 0.108. The predicted molar refractivity (Wildman–Crippen MR) is 162 cm³/mol. The predicted octanol–water partition coefficient (Wildman–Crippen LogP) is 8.49. The van der Waals surface area contributed by atoms with Crippen molar-refractivity contribution in [2.75, 3.05) is 0 Å². The molecule has 192 valence electrons. The van der Waals surface area contributed by atoms with Crippen LogP contribution in [0.2, 0.25) is 0 Å². The van der Waals surface area contributed by atoms with Gasteiger partial charge in [0.05, 0.1) is 5.41 Å². The SMILES string of the molecule is Cc1cc(C)nc(-c2ccc(C3(c4ccccc4)c4ccccc4-c4c(-c5ccncc5C)cccc43)cc2)n1. The lowest BCUT2D eigenvalue weighted by Crippen LogP contribution is -2.28. The average Bonchev–Trinajstić information content (AvgIpc) is 3.29. The van der Waals surface area contributed by atoms with E-state index in [0.29, 0.717) is 0 Å². The Kier molecular flexibility index (Phi) is 5.67. The van der Waals surface area contributed by atoms with Gasteiger partial charge >= 0.3 is 0 Å². The number of pyridine rings is 1. The lowest BCUT2D eigenvalue weighted by molar-refractivity contribution is 0.768. The summed E-state index contributed by atoms with van der Waals surface area (Å²) in [6.45, 7) is 6.18. The van der Waals surface area contributed by atoms with E-state index in [1.54, 1.807) is 0 Å². The average molecular weight is 516 g/mol. The molecule has 0 saturated carbocycles. The number of benzene rings is 4. The van der Waals surface area contributed by atoms with Gasteiger partial charge in [0.25, 0.3) is 0 Å². The minimum absolute atomic E-state index is 0.466. The normalized spacial score (nSPS) is 15.5. The Morgan fingerprint density at radius 1 is 0.550 bits per heavy atom. The van der Waals surface area contributed by atoms with E-state index in [0.717, 1.165) is 22.8 Å². The van der Waals surface area contributed by atoms with Gasteiger partial charge in [0.15, 0.2) is 5.82 Å². The molecule has 0 amide bonds. The van der Waals surface area contributed by atoms with Crippen LogP contribution in [0.25, 0.3) is 33.6 Å². The maximum Gasteiger partial charge on any atom is 0.159 e. The third kappa shape index (κ3) is 3.62. The Morgan fingerprint density at radius 3 is 1.95 bits per heavy atom. The summed E-state index contributed by atoms with van der Waals surface area (Å²) >= 11 is 0. The molecule has 2 aromatic heterocycles. The zero-order valence-corrected chi connectivity index (χ0v) is 22.9. The number of hydrogen-bond acceptors (Lipinski definition) is 3. The second kappa shape index (κ2) is 9.39. The van der Waals surface area contributed by atoms with Crippen molar-refractivity contribution in [3.8, 4) is 33.6 Å². The monoisotopic (exact) mass is 515 g/mol. The van der Waals surface area contributed by atoms with Crippen LogP contribution in [-0.2, 0) is 5.41 Å². The molecule has 2 heterocycles. The van der Waals surface area contributed by atoms with E-state index < -0.39 is 5.41 Å². The van der Waals surface area contributed by atoms with E-state index in [-0.39, 0.29) is 0 Å². The summed E-state index contributed by atoms with van der Waals surface area (Å²) in [5.74, 6) is 0.764. The van der Waals surface area contributed by atoms with Gasteiger partial charge in [0.2, 0.25) is 0 Å². The van der Waals surface area contributed by atoms with Gasteiger partial charge in [-0.2, -0.15) is 0 Å². The summed E-state index contributed by atoms with van der Waals surface area (Å²) < 4.78 is 0. The molecule has 1 aliphatic carbocycles. The Labute approximate surface area is 235 Å². The summed E-state index contributed by atoms with van der Waals surface area (Å²) in [5, 5.41) is 0. The summed E-state index contributed by atoms with van der Waals surface area (Å²) in [6, 6.07) is 39.6. The molecule has 0 radical (unpaired) electrons. The number of rotatable bonds is 4. The number of fused-ring (bicyclic) bond motifs is 3. The molecule has 1 unspecified atom stereocenters. The topological polar surface area (TPSA) is 38.7 Å². The van der Waals surface area contributed by atoms with Gasteiger partial charge in [0, 0.05) is 29.3 Å². The van der Waals surface area contributed by atoms with Crippen LogP contribution in [-0.4, -0.2) is 15.0 Å². The van der Waals surface area contributed by atoms with Crippen LogP contribution in [0, 0.1) is 20.8 Å². The van der Waals surface area contributed by atoms with E-state index in [2.05, 4.69) is 115 Å². The third-order valence-electron chi connectivity index (χ3n) is 8.14. The fourth-order valence-electron chi connectivity index (χ4n) is 6.53. The highest BCUT2D eigenvalue weighted by molar-refractivity contribution is 5.95. The maximum absolute atomic E-state index is 4.72. The van der Waals surface area contributed by atoms with E-state index in [9.17, 15) is 0 Å². The molecule has 6 aromatic rings. The molecule has 0 fully saturated rings.